The van der Waals surface area contributed by atoms with Gasteiger partial charge in [0, 0.05) is 17.7 Å². The highest BCUT2D eigenvalue weighted by molar-refractivity contribution is 6.13. The summed E-state index contributed by atoms with van der Waals surface area (Å²) in [7, 11) is 0. The molecule has 9 heteroatoms. The van der Waals surface area contributed by atoms with Crippen molar-refractivity contribution in [3.05, 3.63) is 65.7 Å². The number of benzene rings is 2. The fraction of sp³-hybridized carbons (Fsp3) is 0.375. The zero-order chi connectivity index (χ0) is 23.3. The third kappa shape index (κ3) is 3.40. The highest BCUT2D eigenvalue weighted by Gasteiger charge is 2.63. The first-order chi connectivity index (χ1) is 15.8. The van der Waals surface area contributed by atoms with Gasteiger partial charge in [-0.25, -0.2) is 0 Å². The molecule has 0 aliphatic carbocycles. The van der Waals surface area contributed by atoms with E-state index < -0.39 is 53.6 Å². The Kier molecular flexibility index (Phi) is 5.19. The lowest BCUT2D eigenvalue weighted by atomic mass is 9.91. The van der Waals surface area contributed by atoms with Gasteiger partial charge in [-0.3, -0.25) is 14.4 Å². The summed E-state index contributed by atoms with van der Waals surface area (Å²) in [6.45, 7) is 1.92. The molecular weight excluding hydrogens is 424 g/mol. The van der Waals surface area contributed by atoms with E-state index in [1.807, 2.05) is 36.4 Å². The number of hydrogen-bond acceptors (Lipinski definition) is 7. The minimum absolute atomic E-state index is 0.0445. The molecule has 2 aromatic rings. The summed E-state index contributed by atoms with van der Waals surface area (Å²) in [6, 6.07) is 13.2. The second-order valence-electron chi connectivity index (χ2n) is 8.85. The van der Waals surface area contributed by atoms with E-state index in [2.05, 4.69) is 10.6 Å². The molecule has 2 fully saturated rings. The average Bonchev–Trinajstić information content (AvgIpc) is 3.28. The smallest absolute Gasteiger partial charge is 0.255 e. The number of Topliss-reactive ketones (excluding diaryl/α,β-unsaturated/α-hetero) is 1. The molecule has 0 radical (unpaired) electrons. The predicted molar refractivity (Wildman–Crippen MR) is 119 cm³/mol. The maximum Gasteiger partial charge on any atom is 0.255 e. The first-order valence-corrected chi connectivity index (χ1v) is 11.0. The Morgan fingerprint density at radius 3 is 2.64 bits per heavy atom. The predicted octanol–water partition coefficient (Wildman–Crippen LogP) is 0.227. The first-order valence-electron chi connectivity index (χ1n) is 11.0. The summed E-state index contributed by atoms with van der Waals surface area (Å²) in [6.07, 6.45) is -1.47. The molecule has 0 aromatic heterocycles. The number of fused-ring (bicyclic) bond motifs is 5. The molecular formula is C24H26N4O5. The van der Waals surface area contributed by atoms with E-state index in [0.29, 0.717) is 11.3 Å². The number of ketones is 1. The van der Waals surface area contributed by atoms with Gasteiger partial charge >= 0.3 is 0 Å². The van der Waals surface area contributed by atoms with Crippen LogP contribution in [0.2, 0.25) is 0 Å². The number of nitrogens with one attached hydrogen (secondary N) is 2. The lowest BCUT2D eigenvalue weighted by Gasteiger charge is -2.38. The molecule has 3 aliphatic rings. The van der Waals surface area contributed by atoms with Crippen LogP contribution in [-0.4, -0.2) is 58.0 Å². The SMILES string of the molecule is C[C@@H](OCc1ccccc1)[C@H](N)C(=O)[C@@H]1NC(=O)[C@@H]2C[C@@]3(O)c4ccccc4N[C@H]3N2C1=O. The van der Waals surface area contributed by atoms with Crippen molar-refractivity contribution in [1.82, 2.24) is 10.2 Å². The molecule has 5 rings (SSSR count). The number of amides is 2. The minimum atomic E-state index is -1.43. The molecule has 5 N–H and O–H groups in total. The molecule has 6 atom stereocenters. The summed E-state index contributed by atoms with van der Waals surface area (Å²) in [5, 5.41) is 17.1. The molecule has 0 saturated carbocycles. The van der Waals surface area contributed by atoms with Crippen molar-refractivity contribution >= 4 is 23.3 Å². The summed E-state index contributed by atoms with van der Waals surface area (Å²) in [5.74, 6) is -1.70. The molecule has 0 bridgehead atoms. The van der Waals surface area contributed by atoms with Gasteiger partial charge in [0.25, 0.3) is 5.91 Å². The van der Waals surface area contributed by atoms with Crippen molar-refractivity contribution in [1.29, 1.82) is 0 Å². The number of nitrogens with zero attached hydrogens (tertiary/aromatic N) is 1. The fourth-order valence-corrected chi connectivity index (χ4v) is 4.97. The molecule has 172 valence electrons. The van der Waals surface area contributed by atoms with E-state index in [-0.39, 0.29) is 13.0 Å². The zero-order valence-corrected chi connectivity index (χ0v) is 18.1. The second-order valence-corrected chi connectivity index (χ2v) is 8.85. The van der Waals surface area contributed by atoms with E-state index >= 15 is 0 Å². The maximum absolute atomic E-state index is 13.4. The Morgan fingerprint density at radius 1 is 1.18 bits per heavy atom. The molecule has 2 saturated heterocycles. The number of carbonyl (C=O) groups is 3. The first kappa shape index (κ1) is 21.6. The van der Waals surface area contributed by atoms with Gasteiger partial charge in [0.2, 0.25) is 5.91 Å². The van der Waals surface area contributed by atoms with Crippen LogP contribution < -0.4 is 16.4 Å². The van der Waals surface area contributed by atoms with Crippen LogP contribution >= 0.6 is 0 Å². The van der Waals surface area contributed by atoms with Crippen LogP contribution in [0.25, 0.3) is 0 Å². The molecule has 3 heterocycles. The van der Waals surface area contributed by atoms with Gasteiger partial charge in [-0.05, 0) is 18.6 Å². The number of anilines is 1. The van der Waals surface area contributed by atoms with E-state index in [1.165, 1.54) is 4.90 Å². The van der Waals surface area contributed by atoms with Crippen molar-refractivity contribution in [2.75, 3.05) is 5.32 Å². The number of rotatable bonds is 6. The van der Waals surface area contributed by atoms with Crippen LogP contribution in [0.1, 0.15) is 24.5 Å². The number of para-hydroxylation sites is 1. The standard InChI is InChI=1S/C24H26N4O5/c1-13(33-12-14-7-3-2-4-8-14)18(25)20(29)19-22(31)28-17(21(30)27-19)11-24(32)15-9-5-6-10-16(15)26-23(24)28/h2-10,13,17-19,23,26,32H,11-12,25H2,1H3,(H,27,30)/t13-,17+,18+,19+,23+,24-/m1/s1. The topological polar surface area (TPSA) is 134 Å². The van der Waals surface area contributed by atoms with E-state index in [1.54, 1.807) is 25.1 Å². The van der Waals surface area contributed by atoms with E-state index in [4.69, 9.17) is 10.5 Å². The zero-order valence-electron chi connectivity index (χ0n) is 18.1. The van der Waals surface area contributed by atoms with E-state index in [9.17, 15) is 19.5 Å². The van der Waals surface area contributed by atoms with Gasteiger partial charge in [-0.2, -0.15) is 0 Å². The van der Waals surface area contributed by atoms with Gasteiger partial charge in [0.05, 0.1) is 18.8 Å². The van der Waals surface area contributed by atoms with Gasteiger partial charge in [0.1, 0.15) is 17.8 Å². The largest absolute Gasteiger partial charge is 0.381 e. The average molecular weight is 450 g/mol. The summed E-state index contributed by atoms with van der Waals surface area (Å²) < 4.78 is 5.74. The third-order valence-electron chi connectivity index (χ3n) is 6.82. The van der Waals surface area contributed by atoms with Gasteiger partial charge in [0.15, 0.2) is 11.8 Å². The monoisotopic (exact) mass is 450 g/mol. The van der Waals surface area contributed by atoms with Crippen molar-refractivity contribution in [2.24, 2.45) is 5.73 Å². The van der Waals surface area contributed by atoms with Crippen LogP contribution in [0.4, 0.5) is 5.69 Å². The molecule has 9 nitrogen and oxygen atoms in total. The molecule has 0 unspecified atom stereocenters. The Labute approximate surface area is 190 Å². The lowest BCUT2D eigenvalue weighted by molar-refractivity contribution is -0.153. The van der Waals surface area contributed by atoms with Crippen LogP contribution in [0, 0.1) is 0 Å². The van der Waals surface area contributed by atoms with Crippen molar-refractivity contribution in [2.45, 2.75) is 55.9 Å². The van der Waals surface area contributed by atoms with Crippen molar-refractivity contribution in [3.63, 3.8) is 0 Å². The van der Waals surface area contributed by atoms with E-state index in [0.717, 1.165) is 5.56 Å². The Balaban J connectivity index is 1.32. The second kappa shape index (κ2) is 7.95. The third-order valence-corrected chi connectivity index (χ3v) is 6.82. The molecule has 2 amide bonds. The number of nitrogens with two attached hydrogens (primary N) is 1. The minimum Gasteiger partial charge on any atom is -0.381 e. The highest BCUT2D eigenvalue weighted by Crippen LogP contribution is 2.49. The van der Waals surface area contributed by atoms with Gasteiger partial charge < -0.3 is 31.1 Å². The number of piperazine rings is 1. The van der Waals surface area contributed by atoms with Crippen LogP contribution in [0.15, 0.2) is 54.6 Å². The molecule has 33 heavy (non-hydrogen) atoms. The molecule has 3 aliphatic heterocycles. The fourth-order valence-electron chi connectivity index (χ4n) is 4.97. The van der Waals surface area contributed by atoms with Crippen molar-refractivity contribution in [3.8, 4) is 0 Å². The molecule has 2 aromatic carbocycles. The highest BCUT2D eigenvalue weighted by atomic mass is 16.5. The Hall–Kier alpha value is -3.27. The number of carbonyl (C=O) groups excluding carboxylic acids is 3. The molecule has 0 spiro atoms. The van der Waals surface area contributed by atoms with Crippen LogP contribution in [0.3, 0.4) is 0 Å². The summed E-state index contributed by atoms with van der Waals surface area (Å²) in [4.78, 5) is 40.7. The van der Waals surface area contributed by atoms with Gasteiger partial charge in [-0.1, -0.05) is 48.5 Å². The quantitative estimate of drug-likeness (QED) is 0.463. The number of ether oxygens (including phenoxy) is 1. The number of hydrogen-bond donors (Lipinski definition) is 4. The van der Waals surface area contributed by atoms with Crippen LogP contribution in [0.5, 0.6) is 0 Å². The summed E-state index contributed by atoms with van der Waals surface area (Å²) >= 11 is 0. The Bertz CT molecular complexity index is 1110. The van der Waals surface area contributed by atoms with Crippen LogP contribution in [-0.2, 0) is 31.3 Å². The van der Waals surface area contributed by atoms with Crippen molar-refractivity contribution < 1.29 is 24.2 Å². The maximum atomic E-state index is 13.4. The number of aliphatic hydroxyl groups is 1. The lowest BCUT2D eigenvalue weighted by Crippen LogP contribution is -2.68. The normalized spacial score (nSPS) is 29.4. The Morgan fingerprint density at radius 2 is 1.88 bits per heavy atom. The summed E-state index contributed by atoms with van der Waals surface area (Å²) in [5.41, 5.74) is 6.98. The van der Waals surface area contributed by atoms with Gasteiger partial charge in [-0.15, -0.1) is 0 Å².